The van der Waals surface area contributed by atoms with Crippen LogP contribution in [0.15, 0.2) is 12.4 Å². The van der Waals surface area contributed by atoms with Crippen molar-refractivity contribution in [2.24, 2.45) is 7.05 Å². The number of nitrogens with one attached hydrogen (secondary N) is 2. The molecule has 1 aliphatic carbocycles. The van der Waals surface area contributed by atoms with E-state index in [9.17, 15) is 0 Å². The van der Waals surface area contributed by atoms with Crippen LogP contribution in [0.25, 0.3) is 0 Å². The molecule has 1 aliphatic rings. The summed E-state index contributed by atoms with van der Waals surface area (Å²) in [5.74, 6) is 3.32. The van der Waals surface area contributed by atoms with Gasteiger partial charge in [-0.3, -0.25) is 4.68 Å². The maximum Gasteiger partial charge on any atom is 0.136 e. The Morgan fingerprint density at radius 3 is 2.65 bits per heavy atom. The second-order valence-electron chi connectivity index (χ2n) is 5.30. The topological polar surface area (TPSA) is 67.7 Å². The van der Waals surface area contributed by atoms with Gasteiger partial charge in [0.15, 0.2) is 0 Å². The molecule has 2 N–H and O–H groups in total. The fraction of sp³-hybridized carbons (Fsp3) is 0.500. The lowest BCUT2D eigenvalue weighted by Crippen LogP contribution is -2.09. The second-order valence-corrected chi connectivity index (χ2v) is 5.30. The van der Waals surface area contributed by atoms with E-state index in [0.717, 1.165) is 35.1 Å². The van der Waals surface area contributed by atoms with E-state index >= 15 is 0 Å². The first-order valence-electron chi connectivity index (χ1n) is 6.95. The Labute approximate surface area is 118 Å². The molecule has 106 valence electrons. The number of aryl methyl sites for hydroxylation is 1. The van der Waals surface area contributed by atoms with Gasteiger partial charge < -0.3 is 10.6 Å². The Kier molecular flexibility index (Phi) is 3.30. The first-order valence-corrected chi connectivity index (χ1v) is 6.95. The van der Waals surface area contributed by atoms with Crippen molar-refractivity contribution in [3.8, 4) is 0 Å². The van der Waals surface area contributed by atoms with Crippen LogP contribution < -0.4 is 10.6 Å². The summed E-state index contributed by atoms with van der Waals surface area (Å²) in [7, 11) is 3.82. The molecule has 20 heavy (non-hydrogen) atoms. The van der Waals surface area contributed by atoms with Crippen LogP contribution >= 0.6 is 0 Å². The zero-order chi connectivity index (χ0) is 14.1. The van der Waals surface area contributed by atoms with E-state index in [-0.39, 0.29) is 0 Å². The lowest BCUT2D eigenvalue weighted by molar-refractivity contribution is 0.767. The van der Waals surface area contributed by atoms with Crippen molar-refractivity contribution in [3.63, 3.8) is 0 Å². The molecule has 0 bridgehead atoms. The highest BCUT2D eigenvalue weighted by molar-refractivity contribution is 5.57. The minimum Gasteiger partial charge on any atom is -0.373 e. The number of rotatable bonds is 5. The van der Waals surface area contributed by atoms with Crippen molar-refractivity contribution in [2.45, 2.75) is 32.2 Å². The Balaban J connectivity index is 1.81. The molecule has 3 rings (SSSR count). The summed E-state index contributed by atoms with van der Waals surface area (Å²) in [6, 6.07) is 0. The SMILES string of the molecule is CNc1nc(C2CC2)nc(NCc2cnn(C)c2)c1C. The minimum atomic E-state index is 0.543. The predicted molar refractivity (Wildman–Crippen MR) is 78.8 cm³/mol. The van der Waals surface area contributed by atoms with E-state index in [4.69, 9.17) is 0 Å². The van der Waals surface area contributed by atoms with E-state index < -0.39 is 0 Å². The van der Waals surface area contributed by atoms with Gasteiger partial charge in [0.25, 0.3) is 0 Å². The van der Waals surface area contributed by atoms with Gasteiger partial charge in [0, 0.05) is 43.9 Å². The third kappa shape index (κ3) is 2.59. The highest BCUT2D eigenvalue weighted by Crippen LogP contribution is 2.39. The van der Waals surface area contributed by atoms with Crippen molar-refractivity contribution in [1.29, 1.82) is 0 Å². The van der Waals surface area contributed by atoms with Gasteiger partial charge >= 0.3 is 0 Å². The van der Waals surface area contributed by atoms with Crippen molar-refractivity contribution in [2.75, 3.05) is 17.7 Å². The zero-order valence-electron chi connectivity index (χ0n) is 12.1. The van der Waals surface area contributed by atoms with Crippen molar-refractivity contribution < 1.29 is 0 Å². The van der Waals surface area contributed by atoms with Crippen LogP contribution in [-0.2, 0) is 13.6 Å². The number of anilines is 2. The van der Waals surface area contributed by atoms with E-state index in [1.54, 1.807) is 4.68 Å². The fourth-order valence-electron chi connectivity index (χ4n) is 2.22. The molecule has 2 aromatic rings. The molecule has 0 unspecified atom stereocenters. The number of hydrogen-bond acceptors (Lipinski definition) is 5. The van der Waals surface area contributed by atoms with Crippen LogP contribution in [0.1, 0.15) is 35.7 Å². The molecule has 0 aliphatic heterocycles. The minimum absolute atomic E-state index is 0.543. The molecule has 0 atom stereocenters. The van der Waals surface area contributed by atoms with Gasteiger partial charge in [0.05, 0.1) is 6.20 Å². The molecule has 0 spiro atoms. The van der Waals surface area contributed by atoms with E-state index in [0.29, 0.717) is 5.92 Å². The van der Waals surface area contributed by atoms with Crippen LogP contribution in [0, 0.1) is 6.92 Å². The van der Waals surface area contributed by atoms with Gasteiger partial charge in [-0.25, -0.2) is 9.97 Å². The van der Waals surface area contributed by atoms with Crippen molar-refractivity contribution >= 4 is 11.6 Å². The molecule has 2 aromatic heterocycles. The summed E-state index contributed by atoms with van der Waals surface area (Å²) in [6.07, 6.45) is 6.27. The first kappa shape index (κ1) is 12.9. The summed E-state index contributed by atoms with van der Waals surface area (Å²) >= 11 is 0. The smallest absolute Gasteiger partial charge is 0.136 e. The summed E-state index contributed by atoms with van der Waals surface area (Å²) in [5.41, 5.74) is 2.20. The van der Waals surface area contributed by atoms with Crippen molar-refractivity contribution in [3.05, 3.63) is 29.3 Å². The maximum absolute atomic E-state index is 4.68. The molecule has 2 heterocycles. The van der Waals surface area contributed by atoms with Gasteiger partial charge in [-0.2, -0.15) is 5.10 Å². The molecule has 0 amide bonds. The third-order valence-corrected chi connectivity index (χ3v) is 3.56. The molecule has 6 heteroatoms. The Hall–Kier alpha value is -2.11. The zero-order valence-corrected chi connectivity index (χ0v) is 12.1. The van der Waals surface area contributed by atoms with Crippen molar-refractivity contribution in [1.82, 2.24) is 19.7 Å². The highest BCUT2D eigenvalue weighted by atomic mass is 15.2. The van der Waals surface area contributed by atoms with Gasteiger partial charge in [0.1, 0.15) is 17.5 Å². The Bertz CT molecular complexity index is 614. The van der Waals surface area contributed by atoms with E-state index in [2.05, 4.69) is 25.7 Å². The van der Waals surface area contributed by atoms with Gasteiger partial charge in [-0.15, -0.1) is 0 Å². The van der Waals surface area contributed by atoms with Crippen LogP contribution in [-0.4, -0.2) is 26.8 Å². The molecule has 1 fully saturated rings. The summed E-state index contributed by atoms with van der Waals surface area (Å²) < 4.78 is 1.80. The lowest BCUT2D eigenvalue weighted by atomic mass is 10.2. The molecular weight excluding hydrogens is 252 g/mol. The van der Waals surface area contributed by atoms with Crippen LogP contribution in [0.4, 0.5) is 11.6 Å². The predicted octanol–water partition coefficient (Wildman–Crippen LogP) is 2.05. The highest BCUT2D eigenvalue weighted by Gasteiger charge is 2.28. The monoisotopic (exact) mass is 272 g/mol. The van der Waals surface area contributed by atoms with Crippen LogP contribution in [0.5, 0.6) is 0 Å². The van der Waals surface area contributed by atoms with E-state index in [1.807, 2.05) is 33.4 Å². The first-order chi connectivity index (χ1) is 9.67. The van der Waals surface area contributed by atoms with Crippen LogP contribution in [0.2, 0.25) is 0 Å². The maximum atomic E-state index is 4.68. The average molecular weight is 272 g/mol. The van der Waals surface area contributed by atoms with E-state index in [1.165, 1.54) is 12.8 Å². The Morgan fingerprint density at radius 1 is 1.30 bits per heavy atom. The molecule has 1 saturated carbocycles. The number of aromatic nitrogens is 4. The number of hydrogen-bond donors (Lipinski definition) is 2. The third-order valence-electron chi connectivity index (χ3n) is 3.56. The summed E-state index contributed by atoms with van der Waals surface area (Å²) in [5, 5.41) is 10.7. The number of nitrogens with zero attached hydrogens (tertiary/aromatic N) is 4. The molecule has 0 saturated heterocycles. The normalized spacial score (nSPS) is 14.3. The second kappa shape index (κ2) is 5.11. The summed E-state index contributed by atoms with van der Waals surface area (Å²) in [4.78, 5) is 9.27. The molecular formula is C14H20N6. The fourth-order valence-corrected chi connectivity index (χ4v) is 2.22. The van der Waals surface area contributed by atoms with Gasteiger partial charge in [0.2, 0.25) is 0 Å². The average Bonchev–Trinajstić information content (AvgIpc) is 3.21. The molecule has 0 aromatic carbocycles. The largest absolute Gasteiger partial charge is 0.373 e. The van der Waals surface area contributed by atoms with Gasteiger partial charge in [-0.1, -0.05) is 0 Å². The summed E-state index contributed by atoms with van der Waals surface area (Å²) in [6.45, 7) is 2.76. The molecule has 6 nitrogen and oxygen atoms in total. The van der Waals surface area contributed by atoms with Crippen LogP contribution in [0.3, 0.4) is 0 Å². The quantitative estimate of drug-likeness (QED) is 0.872. The molecule has 0 radical (unpaired) electrons. The lowest BCUT2D eigenvalue weighted by Gasteiger charge is -2.13. The standard InChI is InChI=1S/C14H20N6/c1-9-12(15-2)18-14(11-4-5-11)19-13(9)16-6-10-7-17-20(3)8-10/h7-8,11H,4-6H2,1-3H3,(H2,15,16,18,19). The van der Waals surface area contributed by atoms with Gasteiger partial charge in [-0.05, 0) is 19.8 Å². The Morgan fingerprint density at radius 2 is 2.05 bits per heavy atom.